The number of halogens is 2. The van der Waals surface area contributed by atoms with Crippen molar-refractivity contribution >= 4 is 39.1 Å². The number of hydrogen-bond acceptors (Lipinski definition) is 8. The Morgan fingerprint density at radius 3 is 2.57 bits per heavy atom. The Bertz CT molecular complexity index is 1710. The second-order valence-electron chi connectivity index (χ2n) is 13.1. The number of nitrogens with one attached hydrogen (secondary N) is 1. The summed E-state index contributed by atoms with van der Waals surface area (Å²) in [5, 5.41) is 16.6. The van der Waals surface area contributed by atoms with Gasteiger partial charge in [0.15, 0.2) is 5.82 Å². The fraction of sp³-hybridized carbons (Fsp3) is 0.471. The van der Waals surface area contributed by atoms with E-state index in [9.17, 15) is 5.11 Å². The number of ether oxygens (including phenoxy) is 2. The van der Waals surface area contributed by atoms with Crippen LogP contribution in [0.25, 0.3) is 32.8 Å². The van der Waals surface area contributed by atoms with Crippen molar-refractivity contribution in [3.8, 4) is 22.9 Å². The Labute approximate surface area is 261 Å². The lowest BCUT2D eigenvalue weighted by Gasteiger charge is -2.36. The Kier molecular flexibility index (Phi) is 7.24. The van der Waals surface area contributed by atoms with E-state index in [4.69, 9.17) is 26.1 Å². The van der Waals surface area contributed by atoms with Gasteiger partial charge in [0.05, 0.1) is 24.8 Å². The van der Waals surface area contributed by atoms with Crippen LogP contribution in [0.2, 0.25) is 5.02 Å². The predicted molar refractivity (Wildman–Crippen MR) is 170 cm³/mol. The number of phenols is 1. The van der Waals surface area contributed by atoms with Crippen molar-refractivity contribution < 1.29 is 19.0 Å². The SMILES string of the molecule is C[C@H](COc1nc(N2CC3CCC(C2)N3)c2cc(Cl)c(-c3cc(O)cc4ccccc34)c(F)c2n1)CN1C2CCC1COC2. The Balaban J connectivity index is 1.18. The van der Waals surface area contributed by atoms with Gasteiger partial charge in [0.1, 0.15) is 17.1 Å². The van der Waals surface area contributed by atoms with Gasteiger partial charge in [-0.3, -0.25) is 4.90 Å². The number of benzene rings is 3. The zero-order chi connectivity index (χ0) is 29.9. The van der Waals surface area contributed by atoms with Crippen molar-refractivity contribution in [3.63, 3.8) is 0 Å². The van der Waals surface area contributed by atoms with Gasteiger partial charge < -0.3 is 24.8 Å². The van der Waals surface area contributed by atoms with Crippen molar-refractivity contribution in [2.24, 2.45) is 5.92 Å². The molecule has 8 nitrogen and oxygen atoms in total. The van der Waals surface area contributed by atoms with Crippen LogP contribution in [0.3, 0.4) is 0 Å². The van der Waals surface area contributed by atoms with E-state index in [-0.39, 0.29) is 33.8 Å². The summed E-state index contributed by atoms with van der Waals surface area (Å²) >= 11 is 6.89. The summed E-state index contributed by atoms with van der Waals surface area (Å²) in [6.45, 7) is 6.66. The molecule has 2 N–H and O–H groups in total. The summed E-state index contributed by atoms with van der Waals surface area (Å²) in [5.74, 6) is 0.377. The molecule has 4 aliphatic rings. The Morgan fingerprint density at radius 2 is 1.80 bits per heavy atom. The van der Waals surface area contributed by atoms with E-state index in [2.05, 4.69) is 27.0 Å². The molecule has 4 saturated heterocycles. The van der Waals surface area contributed by atoms with Gasteiger partial charge in [-0.15, -0.1) is 0 Å². The van der Waals surface area contributed by atoms with Gasteiger partial charge in [-0.2, -0.15) is 9.97 Å². The molecule has 4 fully saturated rings. The fourth-order valence-electron chi connectivity index (χ4n) is 7.82. The molecule has 4 bridgehead atoms. The quantitative estimate of drug-likeness (QED) is 0.271. The molecule has 3 aromatic carbocycles. The monoisotopic (exact) mass is 617 g/mol. The van der Waals surface area contributed by atoms with E-state index in [0.29, 0.717) is 47.5 Å². The summed E-state index contributed by atoms with van der Waals surface area (Å²) in [5.41, 5.74) is 0.890. The number of nitrogens with zero attached hydrogens (tertiary/aromatic N) is 4. The number of hydrogen-bond donors (Lipinski definition) is 2. The van der Waals surface area contributed by atoms with Crippen LogP contribution in [0.15, 0.2) is 42.5 Å². The molecule has 5 atom stereocenters. The lowest BCUT2D eigenvalue weighted by atomic mass is 9.96. The van der Waals surface area contributed by atoms with Gasteiger partial charge in [0.2, 0.25) is 0 Å². The number of aromatic nitrogens is 2. The molecule has 10 heteroatoms. The third-order valence-corrected chi connectivity index (χ3v) is 10.2. The molecule has 230 valence electrons. The highest BCUT2D eigenvalue weighted by molar-refractivity contribution is 6.35. The smallest absolute Gasteiger partial charge is 0.319 e. The minimum atomic E-state index is -0.548. The molecular formula is C34H37ClFN5O3. The third-order valence-electron chi connectivity index (χ3n) is 9.89. The van der Waals surface area contributed by atoms with Crippen molar-refractivity contribution in [3.05, 3.63) is 53.3 Å². The number of fused-ring (bicyclic) bond motifs is 6. The average molecular weight is 618 g/mol. The molecule has 0 amide bonds. The first kappa shape index (κ1) is 28.2. The predicted octanol–water partition coefficient (Wildman–Crippen LogP) is 5.77. The molecule has 1 aromatic heterocycles. The minimum absolute atomic E-state index is 0.0423. The standard InChI is InChI=1S/C34H37ClFN5O3/c1-19(13-41-23-8-9-24(41)18-43-17-23)16-44-34-38-32-28(33(39-34)40-14-21-6-7-22(15-40)37-21)12-29(35)30(31(32)36)27-11-25(42)10-20-4-2-3-5-26(20)27/h2-5,10-12,19,21-24,37,42H,6-9,13-18H2,1H3/t19-,21?,22?,23?,24?/m0/s1. The maximum absolute atomic E-state index is 16.8. The molecule has 44 heavy (non-hydrogen) atoms. The number of morpholine rings is 1. The van der Waals surface area contributed by atoms with Gasteiger partial charge in [-0.25, -0.2) is 4.39 Å². The normalized spacial score (nSPS) is 25.7. The Hall–Kier alpha value is -3.24. The number of aromatic hydroxyl groups is 1. The van der Waals surface area contributed by atoms with Crippen molar-refractivity contribution in [1.29, 1.82) is 0 Å². The van der Waals surface area contributed by atoms with Crippen LogP contribution in [0.1, 0.15) is 32.6 Å². The van der Waals surface area contributed by atoms with Crippen LogP contribution in [0.4, 0.5) is 10.2 Å². The first-order valence-corrected chi connectivity index (χ1v) is 16.2. The van der Waals surface area contributed by atoms with E-state index in [1.54, 1.807) is 18.2 Å². The van der Waals surface area contributed by atoms with Crippen LogP contribution in [-0.4, -0.2) is 83.6 Å². The molecule has 5 heterocycles. The highest BCUT2D eigenvalue weighted by Crippen LogP contribution is 2.43. The molecule has 0 saturated carbocycles. The zero-order valence-corrected chi connectivity index (χ0v) is 25.6. The highest BCUT2D eigenvalue weighted by Gasteiger charge is 2.38. The topological polar surface area (TPSA) is 83.0 Å². The summed E-state index contributed by atoms with van der Waals surface area (Å²) in [6.07, 6.45) is 4.58. The highest BCUT2D eigenvalue weighted by atomic mass is 35.5. The second kappa shape index (κ2) is 11.3. The molecule has 0 radical (unpaired) electrons. The third kappa shape index (κ3) is 5.04. The number of rotatable bonds is 7. The maximum Gasteiger partial charge on any atom is 0.319 e. The maximum atomic E-state index is 16.8. The van der Waals surface area contributed by atoms with Gasteiger partial charge in [-0.05, 0) is 60.2 Å². The van der Waals surface area contributed by atoms with Crippen molar-refractivity contribution in [2.75, 3.05) is 44.4 Å². The largest absolute Gasteiger partial charge is 0.508 e. The summed E-state index contributed by atoms with van der Waals surface area (Å²) < 4.78 is 28.8. The lowest BCUT2D eigenvalue weighted by Crippen LogP contribution is -2.51. The van der Waals surface area contributed by atoms with Crippen LogP contribution in [0, 0.1) is 11.7 Å². The summed E-state index contributed by atoms with van der Waals surface area (Å²) in [7, 11) is 0. The number of phenolic OH excluding ortho intramolecular Hbond substituents is 1. The molecular weight excluding hydrogens is 581 g/mol. The van der Waals surface area contributed by atoms with Crippen molar-refractivity contribution in [2.45, 2.75) is 56.8 Å². The summed E-state index contributed by atoms with van der Waals surface area (Å²) in [6, 6.07) is 14.4. The van der Waals surface area contributed by atoms with Gasteiger partial charge in [0, 0.05) is 60.7 Å². The minimum Gasteiger partial charge on any atom is -0.508 e. The van der Waals surface area contributed by atoms with Crippen LogP contribution in [-0.2, 0) is 4.74 Å². The van der Waals surface area contributed by atoms with Crippen LogP contribution < -0.4 is 15.0 Å². The second-order valence-corrected chi connectivity index (χ2v) is 13.5. The van der Waals surface area contributed by atoms with E-state index >= 15 is 4.39 Å². The van der Waals surface area contributed by atoms with E-state index in [1.807, 2.05) is 24.3 Å². The molecule has 0 aliphatic carbocycles. The first-order valence-electron chi connectivity index (χ1n) is 15.8. The van der Waals surface area contributed by atoms with E-state index in [1.165, 1.54) is 12.8 Å². The van der Waals surface area contributed by atoms with Gasteiger partial charge in [-0.1, -0.05) is 42.8 Å². The number of piperazine rings is 1. The van der Waals surface area contributed by atoms with Crippen LogP contribution >= 0.6 is 11.6 Å². The average Bonchev–Trinajstić information content (AvgIpc) is 3.45. The Morgan fingerprint density at radius 1 is 1.05 bits per heavy atom. The van der Waals surface area contributed by atoms with Crippen LogP contribution in [0.5, 0.6) is 11.8 Å². The number of anilines is 1. The van der Waals surface area contributed by atoms with Gasteiger partial charge in [0.25, 0.3) is 0 Å². The van der Waals surface area contributed by atoms with E-state index < -0.39 is 5.82 Å². The molecule has 4 unspecified atom stereocenters. The fourth-order valence-corrected chi connectivity index (χ4v) is 8.12. The molecule has 8 rings (SSSR count). The van der Waals surface area contributed by atoms with Crippen molar-refractivity contribution in [1.82, 2.24) is 20.2 Å². The molecule has 0 spiro atoms. The van der Waals surface area contributed by atoms with E-state index in [0.717, 1.165) is 56.5 Å². The lowest BCUT2D eigenvalue weighted by molar-refractivity contribution is -0.0229. The first-order chi connectivity index (χ1) is 21.4. The summed E-state index contributed by atoms with van der Waals surface area (Å²) in [4.78, 5) is 14.4. The zero-order valence-electron chi connectivity index (χ0n) is 24.8. The van der Waals surface area contributed by atoms with Gasteiger partial charge >= 0.3 is 6.01 Å². The molecule has 4 aliphatic heterocycles. The molecule has 4 aromatic rings.